The summed E-state index contributed by atoms with van der Waals surface area (Å²) in [7, 11) is 0. The average Bonchev–Trinajstić information content (AvgIpc) is 2.37. The van der Waals surface area contributed by atoms with Crippen LogP contribution < -0.4 is 0 Å². The highest BCUT2D eigenvalue weighted by Gasteiger charge is 2.32. The fourth-order valence-corrected chi connectivity index (χ4v) is 1.71. The molecule has 3 nitrogen and oxygen atoms in total. The van der Waals surface area contributed by atoms with Crippen LogP contribution in [0.3, 0.4) is 0 Å². The molecule has 0 aliphatic rings. The van der Waals surface area contributed by atoms with Gasteiger partial charge < -0.3 is 0 Å². The molecular weight excluding hydrogens is 278 g/mol. The Hall–Kier alpha value is -2.44. The first-order chi connectivity index (χ1) is 9.27. The maximum absolute atomic E-state index is 13.1. The van der Waals surface area contributed by atoms with Crippen LogP contribution in [0.2, 0.25) is 0 Å². The number of nitro groups is 1. The van der Waals surface area contributed by atoms with Crippen LogP contribution >= 0.6 is 0 Å². The SMILES string of the molecule is O=[N+]([O-])c1cc(-c2cccc(F)c2)cc(C(F)(F)F)c1. The molecule has 2 aromatic carbocycles. The molecule has 20 heavy (non-hydrogen) atoms. The van der Waals surface area contributed by atoms with Crippen LogP contribution in [0, 0.1) is 15.9 Å². The molecule has 2 rings (SSSR count). The van der Waals surface area contributed by atoms with Crippen molar-refractivity contribution in [1.29, 1.82) is 0 Å². The van der Waals surface area contributed by atoms with E-state index in [2.05, 4.69) is 0 Å². The van der Waals surface area contributed by atoms with Crippen molar-refractivity contribution >= 4 is 5.69 Å². The summed E-state index contributed by atoms with van der Waals surface area (Å²) < 4.78 is 51.2. The molecule has 0 fully saturated rings. The summed E-state index contributed by atoms with van der Waals surface area (Å²) in [6.45, 7) is 0. The molecule has 0 N–H and O–H groups in total. The quantitative estimate of drug-likeness (QED) is 0.465. The number of rotatable bonds is 2. The minimum atomic E-state index is -4.71. The molecule has 0 spiro atoms. The third-order valence-electron chi connectivity index (χ3n) is 2.61. The number of hydrogen-bond donors (Lipinski definition) is 0. The highest BCUT2D eigenvalue weighted by molar-refractivity contribution is 5.67. The summed E-state index contributed by atoms with van der Waals surface area (Å²) in [5.74, 6) is -0.637. The van der Waals surface area contributed by atoms with Crippen molar-refractivity contribution < 1.29 is 22.5 Å². The van der Waals surface area contributed by atoms with Crippen molar-refractivity contribution in [3.05, 3.63) is 64.0 Å². The van der Waals surface area contributed by atoms with Crippen molar-refractivity contribution in [2.24, 2.45) is 0 Å². The van der Waals surface area contributed by atoms with E-state index >= 15 is 0 Å². The van der Waals surface area contributed by atoms with Crippen LogP contribution in [0.5, 0.6) is 0 Å². The van der Waals surface area contributed by atoms with E-state index in [1.54, 1.807) is 0 Å². The van der Waals surface area contributed by atoms with Gasteiger partial charge in [0.15, 0.2) is 0 Å². The van der Waals surface area contributed by atoms with Gasteiger partial charge in [-0.2, -0.15) is 13.2 Å². The lowest BCUT2D eigenvalue weighted by Gasteiger charge is -2.09. The smallest absolute Gasteiger partial charge is 0.258 e. The van der Waals surface area contributed by atoms with E-state index in [4.69, 9.17) is 0 Å². The van der Waals surface area contributed by atoms with Crippen molar-refractivity contribution in [2.75, 3.05) is 0 Å². The number of nitrogens with zero attached hydrogens (tertiary/aromatic N) is 1. The van der Waals surface area contributed by atoms with E-state index in [0.29, 0.717) is 6.07 Å². The number of non-ortho nitro benzene ring substituents is 1. The van der Waals surface area contributed by atoms with Crippen LogP contribution in [0.15, 0.2) is 42.5 Å². The summed E-state index contributed by atoms with van der Waals surface area (Å²) >= 11 is 0. The van der Waals surface area contributed by atoms with Gasteiger partial charge in [-0.15, -0.1) is 0 Å². The minimum absolute atomic E-state index is 0.0639. The minimum Gasteiger partial charge on any atom is -0.258 e. The molecule has 0 atom stereocenters. The normalized spacial score (nSPS) is 11.4. The van der Waals surface area contributed by atoms with Gasteiger partial charge in [-0.3, -0.25) is 10.1 Å². The van der Waals surface area contributed by atoms with Gasteiger partial charge in [0, 0.05) is 12.1 Å². The van der Waals surface area contributed by atoms with Crippen LogP contribution in [-0.2, 0) is 6.18 Å². The van der Waals surface area contributed by atoms with Gasteiger partial charge in [-0.05, 0) is 29.3 Å². The Bertz CT molecular complexity index is 668. The van der Waals surface area contributed by atoms with Crippen LogP contribution in [0.25, 0.3) is 11.1 Å². The Morgan fingerprint density at radius 1 is 1.00 bits per heavy atom. The van der Waals surface area contributed by atoms with E-state index in [1.165, 1.54) is 12.1 Å². The maximum Gasteiger partial charge on any atom is 0.416 e. The Kier molecular flexibility index (Phi) is 3.44. The van der Waals surface area contributed by atoms with Crippen molar-refractivity contribution in [2.45, 2.75) is 6.18 Å². The predicted octanol–water partition coefficient (Wildman–Crippen LogP) is 4.42. The Labute approximate surface area is 110 Å². The Morgan fingerprint density at radius 3 is 2.25 bits per heavy atom. The second-order valence-electron chi connectivity index (χ2n) is 4.03. The molecule has 2 aromatic rings. The molecule has 0 saturated heterocycles. The molecular formula is C13H7F4NO2. The largest absolute Gasteiger partial charge is 0.416 e. The summed E-state index contributed by atoms with van der Waals surface area (Å²) in [5, 5.41) is 10.7. The summed E-state index contributed by atoms with van der Waals surface area (Å²) in [5.41, 5.74) is -1.77. The van der Waals surface area contributed by atoms with Crippen LogP contribution in [0.4, 0.5) is 23.2 Å². The fraction of sp³-hybridized carbons (Fsp3) is 0.0769. The van der Waals surface area contributed by atoms with Gasteiger partial charge in [0.1, 0.15) is 5.82 Å². The molecule has 0 unspecified atom stereocenters. The molecule has 7 heteroatoms. The molecule has 0 aliphatic carbocycles. The first kappa shape index (κ1) is 14.0. The van der Waals surface area contributed by atoms with Gasteiger partial charge in [-0.25, -0.2) is 4.39 Å². The number of hydrogen-bond acceptors (Lipinski definition) is 2. The highest BCUT2D eigenvalue weighted by atomic mass is 19.4. The van der Waals surface area contributed by atoms with Crippen LogP contribution in [0.1, 0.15) is 5.56 Å². The van der Waals surface area contributed by atoms with Gasteiger partial charge >= 0.3 is 6.18 Å². The monoisotopic (exact) mass is 285 g/mol. The molecule has 0 heterocycles. The first-order valence-electron chi connectivity index (χ1n) is 5.40. The van der Waals surface area contributed by atoms with Crippen LogP contribution in [-0.4, -0.2) is 4.92 Å². The Balaban J connectivity index is 2.64. The van der Waals surface area contributed by atoms with E-state index in [1.807, 2.05) is 0 Å². The molecule has 0 saturated carbocycles. The lowest BCUT2D eigenvalue weighted by atomic mass is 10.0. The Morgan fingerprint density at radius 2 is 1.70 bits per heavy atom. The summed E-state index contributed by atoms with van der Waals surface area (Å²) in [6.07, 6.45) is -4.71. The molecule has 0 radical (unpaired) electrons. The second kappa shape index (κ2) is 4.92. The van der Waals surface area contributed by atoms with E-state index in [0.717, 1.165) is 24.3 Å². The van der Waals surface area contributed by atoms with Gasteiger partial charge in [-0.1, -0.05) is 12.1 Å². The lowest BCUT2D eigenvalue weighted by Crippen LogP contribution is -2.06. The van der Waals surface area contributed by atoms with Gasteiger partial charge in [0.05, 0.1) is 10.5 Å². The second-order valence-corrected chi connectivity index (χ2v) is 4.03. The average molecular weight is 285 g/mol. The highest BCUT2D eigenvalue weighted by Crippen LogP contribution is 2.35. The fourth-order valence-electron chi connectivity index (χ4n) is 1.71. The number of halogens is 4. The van der Waals surface area contributed by atoms with Crippen molar-refractivity contribution in [1.82, 2.24) is 0 Å². The summed E-state index contributed by atoms with van der Waals surface area (Å²) in [6, 6.07) is 7.01. The van der Waals surface area contributed by atoms with Crippen molar-refractivity contribution in [3.8, 4) is 11.1 Å². The topological polar surface area (TPSA) is 43.1 Å². The lowest BCUT2D eigenvalue weighted by molar-refractivity contribution is -0.385. The first-order valence-corrected chi connectivity index (χ1v) is 5.40. The predicted molar refractivity (Wildman–Crippen MR) is 63.5 cm³/mol. The molecule has 0 aromatic heterocycles. The molecule has 0 amide bonds. The zero-order chi connectivity index (χ0) is 14.9. The maximum atomic E-state index is 13.1. The van der Waals surface area contributed by atoms with E-state index < -0.39 is 28.2 Å². The number of nitro benzene ring substituents is 1. The molecule has 104 valence electrons. The van der Waals surface area contributed by atoms with Gasteiger partial charge in [0.2, 0.25) is 0 Å². The van der Waals surface area contributed by atoms with Crippen molar-refractivity contribution in [3.63, 3.8) is 0 Å². The standard InChI is InChI=1S/C13H7F4NO2/c14-11-3-1-2-8(5-11)9-4-10(13(15,16)17)7-12(6-9)18(19)20/h1-7H. The summed E-state index contributed by atoms with van der Waals surface area (Å²) in [4.78, 5) is 9.78. The third-order valence-corrected chi connectivity index (χ3v) is 2.61. The third kappa shape index (κ3) is 2.93. The number of alkyl halides is 3. The zero-order valence-corrected chi connectivity index (χ0v) is 9.82. The van der Waals surface area contributed by atoms with Gasteiger partial charge in [0.25, 0.3) is 5.69 Å². The van der Waals surface area contributed by atoms with E-state index in [9.17, 15) is 27.7 Å². The molecule has 0 bridgehead atoms. The number of benzene rings is 2. The van der Waals surface area contributed by atoms with E-state index in [-0.39, 0.29) is 11.1 Å². The molecule has 0 aliphatic heterocycles. The zero-order valence-electron chi connectivity index (χ0n) is 9.82.